The van der Waals surface area contributed by atoms with Gasteiger partial charge in [0.05, 0.1) is 18.5 Å². The molecule has 0 aromatic carbocycles. The molecule has 0 bridgehead atoms. The first kappa shape index (κ1) is 23.9. The zero-order chi connectivity index (χ0) is 19.0. The van der Waals surface area contributed by atoms with Gasteiger partial charge in [0.25, 0.3) is 0 Å². The van der Waals surface area contributed by atoms with E-state index >= 15 is 0 Å². The van der Waals surface area contributed by atoms with E-state index in [1.54, 1.807) is 50.5 Å². The maximum atomic E-state index is 12.1. The van der Waals surface area contributed by atoms with Crippen molar-refractivity contribution < 1.29 is 35.9 Å². The van der Waals surface area contributed by atoms with Crippen molar-refractivity contribution >= 4 is 57.0 Å². The topological polar surface area (TPSA) is 70.2 Å². The molecule has 0 fully saturated rings. The van der Waals surface area contributed by atoms with Gasteiger partial charge in [-0.3, -0.25) is 14.9 Å². The highest BCUT2D eigenvalue weighted by atomic mass is 127. The fourth-order valence-electron chi connectivity index (χ4n) is 1.38. The molecule has 5 nitrogen and oxygen atoms in total. The summed E-state index contributed by atoms with van der Waals surface area (Å²) in [5.41, 5.74) is 0. The molecule has 2 amide bonds. The molecule has 0 aromatic heterocycles. The van der Waals surface area contributed by atoms with Crippen molar-refractivity contribution in [2.45, 2.75) is 30.9 Å². The molecule has 0 saturated carbocycles. The summed E-state index contributed by atoms with van der Waals surface area (Å²) in [5, 5.41) is 6.31. The average Bonchev–Trinajstić information content (AvgIpc) is 2.43. The molecule has 0 aliphatic heterocycles. The number of hydrogen-bond donors (Lipinski definition) is 3. The van der Waals surface area contributed by atoms with E-state index in [4.69, 9.17) is 0 Å². The molecule has 0 spiro atoms. The molecular formula is C11H15F6I2N3O2. The highest BCUT2D eigenvalue weighted by Crippen LogP contribution is 2.18. The molecule has 0 unspecified atom stereocenters. The van der Waals surface area contributed by atoms with Gasteiger partial charge in [0.15, 0.2) is 0 Å². The molecule has 0 rings (SSSR count). The molecule has 142 valence electrons. The highest BCUT2D eigenvalue weighted by Gasteiger charge is 2.31. The van der Waals surface area contributed by atoms with Gasteiger partial charge in [-0.1, -0.05) is 45.2 Å². The van der Waals surface area contributed by atoms with Crippen molar-refractivity contribution in [2.75, 3.05) is 21.9 Å². The molecule has 0 aromatic rings. The third kappa shape index (κ3) is 11.5. The Morgan fingerprint density at radius 3 is 1.67 bits per heavy atom. The molecule has 0 heterocycles. The number of rotatable bonds is 9. The van der Waals surface area contributed by atoms with Crippen LogP contribution in [0.5, 0.6) is 0 Å². The van der Waals surface area contributed by atoms with Crippen LogP contribution in [0.2, 0.25) is 0 Å². The summed E-state index contributed by atoms with van der Waals surface area (Å²) in [6, 6.07) is -2.09. The van der Waals surface area contributed by atoms with Gasteiger partial charge < -0.3 is 10.6 Å². The van der Waals surface area contributed by atoms with Crippen LogP contribution in [0.1, 0.15) is 6.42 Å². The number of halogens is 8. The van der Waals surface area contributed by atoms with Crippen molar-refractivity contribution in [3.63, 3.8) is 0 Å². The van der Waals surface area contributed by atoms with Gasteiger partial charge in [-0.15, -0.1) is 0 Å². The first-order chi connectivity index (χ1) is 10.9. The summed E-state index contributed by atoms with van der Waals surface area (Å²) in [7, 11) is 0. The predicted octanol–water partition coefficient (Wildman–Crippen LogP) is 1.93. The number of amides is 2. The molecule has 3 N–H and O–H groups in total. The van der Waals surface area contributed by atoms with Gasteiger partial charge in [0.1, 0.15) is 6.54 Å². The van der Waals surface area contributed by atoms with Gasteiger partial charge in [0.2, 0.25) is 11.8 Å². The minimum Gasteiger partial charge on any atom is -0.354 e. The normalized spacial score (nSPS) is 14.8. The van der Waals surface area contributed by atoms with E-state index in [0.29, 0.717) is 0 Å². The molecule has 0 saturated heterocycles. The minimum absolute atomic E-state index is 0.0738. The third-order valence-electron chi connectivity index (χ3n) is 2.51. The van der Waals surface area contributed by atoms with Crippen LogP contribution in [0.15, 0.2) is 0 Å². The summed E-state index contributed by atoms with van der Waals surface area (Å²) < 4.78 is 72.5. The first-order valence-corrected chi connectivity index (χ1v) is 9.51. The van der Waals surface area contributed by atoms with Crippen LogP contribution in [0.3, 0.4) is 0 Å². The van der Waals surface area contributed by atoms with Gasteiger partial charge >= 0.3 is 12.4 Å². The number of carbonyl (C=O) groups excluding carboxylic acids is 2. The van der Waals surface area contributed by atoms with E-state index in [-0.39, 0.29) is 8.86 Å². The quantitative estimate of drug-likeness (QED) is 0.219. The summed E-state index contributed by atoms with van der Waals surface area (Å²) in [4.78, 5) is 23.5. The lowest BCUT2D eigenvalue weighted by molar-refractivity contribution is -0.139. The number of nitrogens with one attached hydrogen (secondary N) is 3. The van der Waals surface area contributed by atoms with E-state index in [1.165, 1.54) is 0 Å². The molecule has 0 aliphatic carbocycles. The van der Waals surface area contributed by atoms with Gasteiger partial charge in [-0.05, 0) is 0 Å². The van der Waals surface area contributed by atoms with Gasteiger partial charge in [-0.25, -0.2) is 0 Å². The largest absolute Gasteiger partial charge is 0.405 e. The van der Waals surface area contributed by atoms with E-state index in [1.807, 2.05) is 0 Å². The second kappa shape index (κ2) is 10.8. The Bertz CT molecular complexity index is 420. The van der Waals surface area contributed by atoms with Crippen LogP contribution >= 0.6 is 45.2 Å². The van der Waals surface area contributed by atoms with E-state index in [0.717, 1.165) is 0 Å². The highest BCUT2D eigenvalue weighted by molar-refractivity contribution is 14.1. The standard InChI is InChI=1S/C11H15F6I2N3O2/c12-10(13,14)1-2-20-8(23)6(3-18)22-7(4-19)9(24)21-5-11(15,16)17/h6-7,22H,1-5H2,(H,20,23)(H,21,24)/t6-,7+/m1/s1. The van der Waals surface area contributed by atoms with Crippen LogP contribution in [-0.2, 0) is 9.59 Å². The van der Waals surface area contributed by atoms with Crippen molar-refractivity contribution in [3.05, 3.63) is 0 Å². The summed E-state index contributed by atoms with van der Waals surface area (Å²) in [6.45, 7) is -2.13. The predicted molar refractivity (Wildman–Crippen MR) is 91.2 cm³/mol. The Labute approximate surface area is 161 Å². The second-order valence-corrected chi connectivity index (χ2v) is 6.33. The SMILES string of the molecule is O=C(NCC(F)(F)F)[C@H](CI)N[C@H](CI)C(=O)NCCC(F)(F)F. The Morgan fingerprint density at radius 2 is 1.29 bits per heavy atom. The smallest absolute Gasteiger partial charge is 0.354 e. The Hall–Kier alpha value is -0.0600. The molecule has 13 heteroatoms. The van der Waals surface area contributed by atoms with E-state index < -0.39 is 55.8 Å². The fraction of sp³-hybridized carbons (Fsp3) is 0.818. The zero-order valence-corrected chi connectivity index (χ0v) is 16.3. The average molecular weight is 589 g/mol. The maximum absolute atomic E-state index is 12.1. The Balaban J connectivity index is 4.53. The Morgan fingerprint density at radius 1 is 0.833 bits per heavy atom. The lowest BCUT2D eigenvalue weighted by Crippen LogP contribution is -2.55. The van der Waals surface area contributed by atoms with E-state index in [9.17, 15) is 35.9 Å². The minimum atomic E-state index is -4.57. The van der Waals surface area contributed by atoms with Crippen molar-refractivity contribution in [2.24, 2.45) is 0 Å². The lowest BCUT2D eigenvalue weighted by atomic mass is 10.2. The third-order valence-corrected chi connectivity index (χ3v) is 4.28. The van der Waals surface area contributed by atoms with Gasteiger partial charge in [-0.2, -0.15) is 26.3 Å². The molecule has 0 aliphatic rings. The van der Waals surface area contributed by atoms with E-state index in [2.05, 4.69) is 10.6 Å². The maximum Gasteiger partial charge on any atom is 0.405 e. The van der Waals surface area contributed by atoms with Crippen molar-refractivity contribution in [1.82, 2.24) is 16.0 Å². The first-order valence-electron chi connectivity index (χ1n) is 6.46. The van der Waals surface area contributed by atoms with Crippen LogP contribution < -0.4 is 16.0 Å². The second-order valence-electron chi connectivity index (χ2n) is 4.57. The van der Waals surface area contributed by atoms with Crippen molar-refractivity contribution in [1.29, 1.82) is 0 Å². The van der Waals surface area contributed by atoms with Crippen LogP contribution in [-0.4, -0.2) is 58.2 Å². The van der Waals surface area contributed by atoms with Gasteiger partial charge in [0, 0.05) is 15.4 Å². The molecule has 24 heavy (non-hydrogen) atoms. The summed E-state index contributed by atoms with van der Waals surface area (Å²) in [6.07, 6.45) is -10.2. The fourth-order valence-corrected chi connectivity index (χ4v) is 2.69. The van der Waals surface area contributed by atoms with Crippen LogP contribution in [0, 0.1) is 0 Å². The Kier molecular flexibility index (Phi) is 10.8. The van der Waals surface area contributed by atoms with Crippen LogP contribution in [0.4, 0.5) is 26.3 Å². The molecule has 2 atom stereocenters. The summed E-state index contributed by atoms with van der Waals surface area (Å²) in [5.74, 6) is -1.70. The van der Waals surface area contributed by atoms with Crippen LogP contribution in [0.25, 0.3) is 0 Å². The zero-order valence-electron chi connectivity index (χ0n) is 12.0. The number of carbonyl (C=O) groups is 2. The number of hydrogen-bond acceptors (Lipinski definition) is 3. The molecule has 0 radical (unpaired) electrons. The molecular weight excluding hydrogens is 574 g/mol. The number of alkyl halides is 8. The lowest BCUT2D eigenvalue weighted by Gasteiger charge is -2.22. The monoisotopic (exact) mass is 589 g/mol. The van der Waals surface area contributed by atoms with Crippen molar-refractivity contribution in [3.8, 4) is 0 Å². The summed E-state index contributed by atoms with van der Waals surface area (Å²) >= 11 is 3.53.